The third-order valence-electron chi connectivity index (χ3n) is 9.28. The molecular formula is C37H47FN4O4. The Morgan fingerprint density at radius 2 is 1.85 bits per heavy atom. The fourth-order valence-corrected chi connectivity index (χ4v) is 6.64. The lowest BCUT2D eigenvalue weighted by Gasteiger charge is -2.28. The first-order valence-corrected chi connectivity index (χ1v) is 16.5. The highest BCUT2D eigenvalue weighted by Crippen LogP contribution is 2.35. The van der Waals surface area contributed by atoms with Crippen molar-refractivity contribution in [3.05, 3.63) is 82.5 Å². The monoisotopic (exact) mass is 630 g/mol. The number of anilines is 1. The summed E-state index contributed by atoms with van der Waals surface area (Å²) in [6, 6.07) is 8.57. The van der Waals surface area contributed by atoms with Gasteiger partial charge in [0.1, 0.15) is 6.61 Å². The van der Waals surface area contributed by atoms with Crippen molar-refractivity contribution in [2.75, 3.05) is 57.4 Å². The average Bonchev–Trinajstić information content (AvgIpc) is 3.58. The third-order valence-corrected chi connectivity index (χ3v) is 9.28. The molecule has 2 fully saturated rings. The van der Waals surface area contributed by atoms with Crippen molar-refractivity contribution in [3.8, 4) is 16.9 Å². The molecule has 246 valence electrons. The Bertz CT molecular complexity index is 1540. The lowest BCUT2D eigenvalue weighted by molar-refractivity contribution is -0.122. The molecule has 0 radical (unpaired) electrons. The Hall–Kier alpha value is -3.95. The first-order chi connectivity index (χ1) is 22.2. The summed E-state index contributed by atoms with van der Waals surface area (Å²) in [5.41, 5.74) is 6.79. The lowest BCUT2D eigenvalue weighted by Crippen LogP contribution is -2.38. The Morgan fingerprint density at radius 3 is 2.52 bits per heavy atom. The van der Waals surface area contributed by atoms with E-state index in [2.05, 4.69) is 22.1 Å². The van der Waals surface area contributed by atoms with E-state index in [1.165, 1.54) is 6.07 Å². The summed E-state index contributed by atoms with van der Waals surface area (Å²) in [4.78, 5) is 31.6. The van der Waals surface area contributed by atoms with Crippen LogP contribution in [-0.4, -0.2) is 69.3 Å². The fraction of sp³-hybridized carbons (Fsp3) is 0.459. The molecule has 2 aromatic carbocycles. The van der Waals surface area contributed by atoms with E-state index in [-0.39, 0.29) is 23.5 Å². The molecule has 2 amide bonds. The van der Waals surface area contributed by atoms with Crippen molar-refractivity contribution >= 4 is 17.5 Å². The summed E-state index contributed by atoms with van der Waals surface area (Å²) < 4.78 is 26.6. The summed E-state index contributed by atoms with van der Waals surface area (Å²) >= 11 is 0. The van der Waals surface area contributed by atoms with Crippen molar-refractivity contribution in [3.63, 3.8) is 0 Å². The summed E-state index contributed by atoms with van der Waals surface area (Å²) in [6.45, 7) is 16.8. The van der Waals surface area contributed by atoms with Crippen molar-refractivity contribution < 1.29 is 23.5 Å². The lowest BCUT2D eigenvalue weighted by atomic mass is 9.95. The minimum Gasteiger partial charge on any atom is -0.489 e. The van der Waals surface area contributed by atoms with Gasteiger partial charge in [0.2, 0.25) is 5.91 Å². The predicted molar refractivity (Wildman–Crippen MR) is 180 cm³/mol. The third kappa shape index (κ3) is 7.70. The number of benzene rings is 2. The van der Waals surface area contributed by atoms with Gasteiger partial charge in [-0.15, -0.1) is 0 Å². The van der Waals surface area contributed by atoms with Crippen LogP contribution >= 0.6 is 0 Å². The maximum absolute atomic E-state index is 15.4. The first kappa shape index (κ1) is 33.4. The number of ether oxygens (including phenoxy) is 2. The minimum atomic E-state index is -0.476. The van der Waals surface area contributed by atoms with E-state index in [1.807, 2.05) is 39.8 Å². The van der Waals surface area contributed by atoms with Gasteiger partial charge in [-0.25, -0.2) is 4.39 Å². The number of rotatable bonds is 11. The van der Waals surface area contributed by atoms with Crippen molar-refractivity contribution in [2.45, 2.75) is 53.4 Å². The fourth-order valence-electron chi connectivity index (χ4n) is 6.64. The van der Waals surface area contributed by atoms with Gasteiger partial charge in [0.15, 0.2) is 11.6 Å². The van der Waals surface area contributed by atoms with E-state index in [0.717, 1.165) is 61.3 Å². The molecule has 2 heterocycles. The Balaban J connectivity index is 1.44. The zero-order chi connectivity index (χ0) is 32.8. The molecule has 1 aliphatic carbocycles. The van der Waals surface area contributed by atoms with Gasteiger partial charge in [-0.2, -0.15) is 0 Å². The SMILES string of the molecule is C=C1NC(C)=CC(C)=C1CNC(=O)c1cc(-c2ccc(OCCN3CCOCC3)c(F)c2)cc(N(CC)C(=O)C2CCCC2)c1C. The number of morpholine rings is 1. The number of hydrogen-bond acceptors (Lipinski definition) is 6. The van der Waals surface area contributed by atoms with Crippen LogP contribution in [0.2, 0.25) is 0 Å². The molecule has 2 N–H and O–H groups in total. The molecule has 0 spiro atoms. The topological polar surface area (TPSA) is 83.1 Å². The number of halogens is 1. The van der Waals surface area contributed by atoms with E-state index >= 15 is 4.39 Å². The first-order valence-electron chi connectivity index (χ1n) is 16.5. The van der Waals surface area contributed by atoms with Crippen molar-refractivity contribution in [1.29, 1.82) is 0 Å². The maximum Gasteiger partial charge on any atom is 0.251 e. The van der Waals surface area contributed by atoms with Gasteiger partial charge in [0.05, 0.1) is 13.2 Å². The molecule has 2 aliphatic heterocycles. The number of amides is 2. The standard InChI is InChI=1S/C37H47FN4O4/c1-6-42(37(44)28-9-7-8-10-28)34-22-30(29-11-12-35(33(38)21-29)46-18-15-41-13-16-45-17-14-41)20-31(26(34)4)36(43)39-23-32-24(2)19-25(3)40-27(32)5/h11-12,19-22,28,40H,5-10,13-18,23H2,1-4H3,(H,39,43). The van der Waals surface area contributed by atoms with Crippen molar-refractivity contribution in [1.82, 2.24) is 15.5 Å². The molecule has 8 nitrogen and oxygen atoms in total. The maximum atomic E-state index is 15.4. The van der Waals surface area contributed by atoms with Gasteiger partial charge >= 0.3 is 0 Å². The second-order valence-electron chi connectivity index (χ2n) is 12.5. The number of carbonyl (C=O) groups excluding carboxylic acids is 2. The van der Waals surface area contributed by atoms with Crippen molar-refractivity contribution in [2.24, 2.45) is 5.92 Å². The second-order valence-corrected chi connectivity index (χ2v) is 12.5. The largest absolute Gasteiger partial charge is 0.489 e. The molecule has 0 bridgehead atoms. The molecule has 46 heavy (non-hydrogen) atoms. The molecule has 9 heteroatoms. The summed E-state index contributed by atoms with van der Waals surface area (Å²) in [7, 11) is 0. The quantitative estimate of drug-likeness (QED) is 0.311. The highest BCUT2D eigenvalue weighted by molar-refractivity contribution is 6.02. The highest BCUT2D eigenvalue weighted by atomic mass is 19.1. The Morgan fingerprint density at radius 1 is 1.11 bits per heavy atom. The number of carbonyl (C=O) groups is 2. The molecule has 0 atom stereocenters. The molecule has 0 unspecified atom stereocenters. The summed E-state index contributed by atoms with van der Waals surface area (Å²) in [5, 5.41) is 6.30. The van der Waals surface area contributed by atoms with Crippen LogP contribution in [0.1, 0.15) is 62.4 Å². The van der Waals surface area contributed by atoms with Gasteiger partial charge in [-0.3, -0.25) is 14.5 Å². The van der Waals surface area contributed by atoms with Crippen LogP contribution in [0.3, 0.4) is 0 Å². The number of allylic oxidation sites excluding steroid dienone is 3. The number of hydrogen-bond donors (Lipinski definition) is 2. The van der Waals surface area contributed by atoms with Gasteiger partial charge < -0.3 is 25.0 Å². The molecule has 1 saturated heterocycles. The van der Waals surface area contributed by atoms with Crippen LogP contribution in [0.4, 0.5) is 10.1 Å². The summed E-state index contributed by atoms with van der Waals surface area (Å²) in [5.74, 6) is -0.510. The summed E-state index contributed by atoms with van der Waals surface area (Å²) in [6.07, 6.45) is 5.87. The number of dihydropyridines is 1. The smallest absolute Gasteiger partial charge is 0.251 e. The molecule has 1 saturated carbocycles. The molecular weight excluding hydrogens is 583 g/mol. The Labute approximate surface area is 272 Å². The molecule has 5 rings (SSSR count). The molecule has 3 aliphatic rings. The molecule has 2 aromatic rings. The van der Waals surface area contributed by atoms with E-state index < -0.39 is 5.82 Å². The number of nitrogens with zero attached hydrogens (tertiary/aromatic N) is 2. The van der Waals surface area contributed by atoms with E-state index in [4.69, 9.17) is 9.47 Å². The van der Waals surface area contributed by atoms with Gasteiger partial charge in [-0.05, 0) is 98.7 Å². The number of nitrogens with one attached hydrogen (secondary N) is 2. The minimum absolute atomic E-state index is 0.0251. The van der Waals surface area contributed by atoms with Crippen LogP contribution in [0.15, 0.2) is 65.5 Å². The second kappa shape index (κ2) is 15.1. The van der Waals surface area contributed by atoms with Crippen LogP contribution in [0.25, 0.3) is 11.1 Å². The average molecular weight is 631 g/mol. The highest BCUT2D eigenvalue weighted by Gasteiger charge is 2.29. The zero-order valence-corrected chi connectivity index (χ0v) is 27.6. The van der Waals surface area contributed by atoms with E-state index in [1.54, 1.807) is 23.1 Å². The normalized spacial score (nSPS) is 17.5. The van der Waals surface area contributed by atoms with Crippen LogP contribution < -0.4 is 20.3 Å². The van der Waals surface area contributed by atoms with Crippen LogP contribution in [0, 0.1) is 18.7 Å². The molecule has 0 aromatic heterocycles. The van der Waals surface area contributed by atoms with Crippen LogP contribution in [-0.2, 0) is 9.53 Å². The van der Waals surface area contributed by atoms with E-state index in [9.17, 15) is 9.59 Å². The predicted octanol–water partition coefficient (Wildman–Crippen LogP) is 6.12. The Kier molecular flexibility index (Phi) is 11.0. The van der Waals surface area contributed by atoms with Gasteiger partial charge in [0, 0.05) is 61.3 Å². The zero-order valence-electron chi connectivity index (χ0n) is 27.6. The van der Waals surface area contributed by atoms with Gasteiger partial charge in [0.25, 0.3) is 5.91 Å². The van der Waals surface area contributed by atoms with Gasteiger partial charge in [-0.1, -0.05) is 25.5 Å². The van der Waals surface area contributed by atoms with E-state index in [0.29, 0.717) is 67.4 Å². The van der Waals surface area contributed by atoms with Crippen LogP contribution in [0.5, 0.6) is 5.75 Å².